The topological polar surface area (TPSA) is 45.2 Å². The van der Waals surface area contributed by atoms with E-state index in [1.54, 1.807) is 6.20 Å². The summed E-state index contributed by atoms with van der Waals surface area (Å²) in [7, 11) is 3.82. The molecule has 104 valence electrons. The zero-order chi connectivity index (χ0) is 13.7. The Kier molecular flexibility index (Phi) is 4.77. The van der Waals surface area contributed by atoms with E-state index in [1.807, 2.05) is 31.1 Å². The van der Waals surface area contributed by atoms with E-state index in [9.17, 15) is 4.79 Å². The van der Waals surface area contributed by atoms with Gasteiger partial charge in [-0.05, 0) is 25.0 Å². The first-order chi connectivity index (χ1) is 9.18. The maximum absolute atomic E-state index is 12.4. The maximum Gasteiger partial charge on any atom is 0.255 e. The van der Waals surface area contributed by atoms with Gasteiger partial charge in [-0.3, -0.25) is 4.79 Å². The van der Waals surface area contributed by atoms with Crippen molar-refractivity contribution in [1.82, 2.24) is 10.3 Å². The summed E-state index contributed by atoms with van der Waals surface area (Å²) in [6.07, 6.45) is 8.95. The van der Waals surface area contributed by atoms with Crippen LogP contribution in [0.3, 0.4) is 0 Å². The molecule has 2 rings (SSSR count). The molecule has 0 aliphatic heterocycles. The molecule has 0 atom stereocenters. The molecule has 4 heteroatoms. The predicted octanol–water partition coefficient (Wildman–Crippen LogP) is 2.60. The minimum atomic E-state index is 0.00343. The van der Waals surface area contributed by atoms with E-state index < -0.39 is 0 Å². The molecule has 0 radical (unpaired) electrons. The van der Waals surface area contributed by atoms with Crippen LogP contribution in [0.15, 0.2) is 18.3 Å². The van der Waals surface area contributed by atoms with Crippen LogP contribution in [0.2, 0.25) is 0 Å². The van der Waals surface area contributed by atoms with Gasteiger partial charge in [-0.2, -0.15) is 0 Å². The predicted molar refractivity (Wildman–Crippen MR) is 77.5 cm³/mol. The molecule has 1 aromatic heterocycles. The number of carbonyl (C=O) groups excluding carboxylic acids is 1. The van der Waals surface area contributed by atoms with Gasteiger partial charge in [0.25, 0.3) is 5.91 Å². The Morgan fingerprint density at radius 1 is 1.26 bits per heavy atom. The van der Waals surface area contributed by atoms with Gasteiger partial charge in [0.2, 0.25) is 0 Å². The highest BCUT2D eigenvalue weighted by molar-refractivity contribution is 5.98. The fourth-order valence-corrected chi connectivity index (χ4v) is 2.62. The van der Waals surface area contributed by atoms with Crippen LogP contribution in [-0.2, 0) is 0 Å². The zero-order valence-electron chi connectivity index (χ0n) is 11.9. The summed E-state index contributed by atoms with van der Waals surface area (Å²) in [4.78, 5) is 18.5. The quantitative estimate of drug-likeness (QED) is 0.851. The SMILES string of the molecule is CN(C)c1ncccc1C(=O)NC1CCCCCC1. The standard InChI is InChI=1S/C15H23N3O/c1-18(2)14-13(10-7-11-16-14)15(19)17-12-8-5-3-4-6-9-12/h7,10-12H,3-6,8-9H2,1-2H3,(H,17,19). The number of anilines is 1. The van der Waals surface area contributed by atoms with Gasteiger partial charge in [-0.15, -0.1) is 0 Å². The van der Waals surface area contributed by atoms with Gasteiger partial charge in [0.1, 0.15) is 5.82 Å². The van der Waals surface area contributed by atoms with Crippen LogP contribution in [0.5, 0.6) is 0 Å². The van der Waals surface area contributed by atoms with Crippen molar-refractivity contribution in [1.29, 1.82) is 0 Å². The number of aromatic nitrogens is 1. The minimum Gasteiger partial charge on any atom is -0.362 e. The fourth-order valence-electron chi connectivity index (χ4n) is 2.62. The second-order valence-corrected chi connectivity index (χ2v) is 5.43. The lowest BCUT2D eigenvalue weighted by molar-refractivity contribution is 0.0933. The van der Waals surface area contributed by atoms with Crippen LogP contribution in [0.4, 0.5) is 5.82 Å². The normalized spacial score (nSPS) is 16.7. The Labute approximate surface area is 115 Å². The molecule has 19 heavy (non-hydrogen) atoms. The molecule has 1 aliphatic carbocycles. The average Bonchev–Trinajstić information content (AvgIpc) is 2.67. The number of nitrogens with zero attached hydrogens (tertiary/aromatic N) is 2. The smallest absolute Gasteiger partial charge is 0.255 e. The Morgan fingerprint density at radius 3 is 2.58 bits per heavy atom. The van der Waals surface area contributed by atoms with E-state index in [-0.39, 0.29) is 5.91 Å². The first-order valence-corrected chi connectivity index (χ1v) is 7.11. The third-order valence-electron chi connectivity index (χ3n) is 3.65. The highest BCUT2D eigenvalue weighted by Crippen LogP contribution is 2.19. The first-order valence-electron chi connectivity index (χ1n) is 7.11. The Morgan fingerprint density at radius 2 is 1.95 bits per heavy atom. The number of rotatable bonds is 3. The molecule has 1 heterocycles. The molecule has 1 saturated carbocycles. The number of hydrogen-bond donors (Lipinski definition) is 1. The highest BCUT2D eigenvalue weighted by Gasteiger charge is 2.18. The second-order valence-electron chi connectivity index (χ2n) is 5.43. The number of nitrogens with one attached hydrogen (secondary N) is 1. The molecule has 1 aromatic rings. The van der Waals surface area contributed by atoms with Crippen molar-refractivity contribution in [3.8, 4) is 0 Å². The van der Waals surface area contributed by atoms with E-state index >= 15 is 0 Å². The van der Waals surface area contributed by atoms with Crippen molar-refractivity contribution in [3.05, 3.63) is 23.9 Å². The third kappa shape index (κ3) is 3.69. The monoisotopic (exact) mass is 261 g/mol. The summed E-state index contributed by atoms with van der Waals surface area (Å²) in [6.45, 7) is 0. The summed E-state index contributed by atoms with van der Waals surface area (Å²) < 4.78 is 0. The van der Waals surface area contributed by atoms with Crippen LogP contribution in [0.1, 0.15) is 48.9 Å². The van der Waals surface area contributed by atoms with Gasteiger partial charge in [0.05, 0.1) is 5.56 Å². The van der Waals surface area contributed by atoms with E-state index in [4.69, 9.17) is 0 Å². The number of amides is 1. The van der Waals surface area contributed by atoms with Crippen molar-refractivity contribution in [2.24, 2.45) is 0 Å². The molecule has 1 amide bonds. The summed E-state index contributed by atoms with van der Waals surface area (Å²) in [5.41, 5.74) is 0.664. The molecular weight excluding hydrogens is 238 g/mol. The van der Waals surface area contributed by atoms with Crippen LogP contribution in [0, 0.1) is 0 Å². The van der Waals surface area contributed by atoms with Gasteiger partial charge >= 0.3 is 0 Å². The van der Waals surface area contributed by atoms with E-state index in [0.717, 1.165) is 18.7 Å². The van der Waals surface area contributed by atoms with Gasteiger partial charge in [0.15, 0.2) is 0 Å². The van der Waals surface area contributed by atoms with E-state index in [0.29, 0.717) is 11.6 Å². The van der Waals surface area contributed by atoms with Gasteiger partial charge < -0.3 is 10.2 Å². The Bertz CT molecular complexity index is 423. The minimum absolute atomic E-state index is 0.00343. The lowest BCUT2D eigenvalue weighted by Crippen LogP contribution is -2.35. The molecule has 0 unspecified atom stereocenters. The van der Waals surface area contributed by atoms with Crippen molar-refractivity contribution in [2.45, 2.75) is 44.6 Å². The van der Waals surface area contributed by atoms with Crippen molar-refractivity contribution in [3.63, 3.8) is 0 Å². The summed E-state index contributed by atoms with van der Waals surface area (Å²) in [5, 5.41) is 3.16. The number of pyridine rings is 1. The molecular formula is C15H23N3O. The number of carbonyl (C=O) groups is 1. The molecule has 0 spiro atoms. The molecule has 4 nitrogen and oxygen atoms in total. The Hall–Kier alpha value is -1.58. The maximum atomic E-state index is 12.4. The molecule has 1 aliphatic rings. The Balaban J connectivity index is 2.06. The summed E-state index contributed by atoms with van der Waals surface area (Å²) in [6, 6.07) is 3.98. The zero-order valence-corrected chi connectivity index (χ0v) is 11.9. The molecule has 0 saturated heterocycles. The number of hydrogen-bond acceptors (Lipinski definition) is 3. The fraction of sp³-hybridized carbons (Fsp3) is 0.600. The largest absolute Gasteiger partial charge is 0.362 e. The lowest BCUT2D eigenvalue weighted by Gasteiger charge is -2.19. The van der Waals surface area contributed by atoms with Gasteiger partial charge in [-0.1, -0.05) is 25.7 Å². The van der Waals surface area contributed by atoms with E-state index in [1.165, 1.54) is 25.7 Å². The van der Waals surface area contributed by atoms with E-state index in [2.05, 4.69) is 10.3 Å². The van der Waals surface area contributed by atoms with Crippen molar-refractivity contribution >= 4 is 11.7 Å². The summed E-state index contributed by atoms with van der Waals surface area (Å²) in [5.74, 6) is 0.734. The molecule has 1 fully saturated rings. The summed E-state index contributed by atoms with van der Waals surface area (Å²) >= 11 is 0. The highest BCUT2D eigenvalue weighted by atomic mass is 16.1. The van der Waals surface area contributed by atoms with Crippen LogP contribution >= 0.6 is 0 Å². The van der Waals surface area contributed by atoms with Crippen LogP contribution < -0.4 is 10.2 Å². The molecule has 0 bridgehead atoms. The van der Waals surface area contributed by atoms with Gasteiger partial charge in [-0.25, -0.2) is 4.98 Å². The lowest BCUT2D eigenvalue weighted by atomic mass is 10.1. The van der Waals surface area contributed by atoms with Crippen LogP contribution in [-0.4, -0.2) is 31.0 Å². The van der Waals surface area contributed by atoms with Gasteiger partial charge in [0, 0.05) is 26.3 Å². The third-order valence-corrected chi connectivity index (χ3v) is 3.65. The second kappa shape index (κ2) is 6.55. The van der Waals surface area contributed by atoms with Crippen molar-refractivity contribution < 1.29 is 4.79 Å². The average molecular weight is 261 g/mol. The molecule has 1 N–H and O–H groups in total. The van der Waals surface area contributed by atoms with Crippen molar-refractivity contribution in [2.75, 3.05) is 19.0 Å². The van der Waals surface area contributed by atoms with Crippen LogP contribution in [0.25, 0.3) is 0 Å². The molecule has 0 aromatic carbocycles. The first kappa shape index (κ1) is 13.8.